The predicted octanol–water partition coefficient (Wildman–Crippen LogP) is 3.70. The first kappa shape index (κ1) is 18.3. The number of hydrogen-bond donors (Lipinski definition) is 2. The fraction of sp³-hybridized carbons (Fsp3) is 0.136. The van der Waals surface area contributed by atoms with Crippen LogP contribution in [-0.4, -0.2) is 23.3 Å². The van der Waals surface area contributed by atoms with E-state index < -0.39 is 0 Å². The van der Waals surface area contributed by atoms with Gasteiger partial charge in [0.25, 0.3) is 11.8 Å². The van der Waals surface area contributed by atoms with Crippen molar-refractivity contribution in [2.24, 2.45) is 0 Å². The number of nitrogens with one attached hydrogen (secondary N) is 2. The van der Waals surface area contributed by atoms with Gasteiger partial charge in [-0.15, -0.1) is 0 Å². The Hall–Kier alpha value is -3.47. The molecule has 0 radical (unpaired) electrons. The Morgan fingerprint density at radius 3 is 2.26 bits per heavy atom. The van der Waals surface area contributed by atoms with Crippen LogP contribution in [0.5, 0.6) is 0 Å². The van der Waals surface area contributed by atoms with Crippen molar-refractivity contribution in [3.8, 4) is 0 Å². The van der Waals surface area contributed by atoms with Crippen molar-refractivity contribution >= 4 is 17.6 Å². The highest BCUT2D eigenvalue weighted by molar-refractivity contribution is 6.04. The summed E-state index contributed by atoms with van der Waals surface area (Å²) in [7, 11) is 0. The highest BCUT2D eigenvalue weighted by Crippen LogP contribution is 2.09. The highest BCUT2D eigenvalue weighted by atomic mass is 16.2. The van der Waals surface area contributed by atoms with Crippen molar-refractivity contribution in [3.05, 3.63) is 95.7 Å². The number of aryl methyl sites for hydroxylation is 1. The summed E-state index contributed by atoms with van der Waals surface area (Å²) in [5.41, 5.74) is 2.25. The van der Waals surface area contributed by atoms with E-state index >= 15 is 0 Å². The Morgan fingerprint density at radius 2 is 1.52 bits per heavy atom. The van der Waals surface area contributed by atoms with Crippen molar-refractivity contribution in [1.29, 1.82) is 0 Å². The van der Waals surface area contributed by atoms with Crippen LogP contribution in [0.3, 0.4) is 0 Å². The molecule has 0 saturated heterocycles. The van der Waals surface area contributed by atoms with Crippen LogP contribution >= 0.6 is 0 Å². The molecular weight excluding hydrogens is 338 g/mol. The van der Waals surface area contributed by atoms with Gasteiger partial charge in [-0.1, -0.05) is 48.5 Å². The van der Waals surface area contributed by atoms with E-state index in [1.807, 2.05) is 24.3 Å². The Kier molecular flexibility index (Phi) is 6.30. The second-order valence-corrected chi connectivity index (χ2v) is 6.09. The van der Waals surface area contributed by atoms with E-state index in [9.17, 15) is 9.59 Å². The summed E-state index contributed by atoms with van der Waals surface area (Å²) in [6.45, 7) is 0.585. The topological polar surface area (TPSA) is 71.1 Å². The van der Waals surface area contributed by atoms with Gasteiger partial charge in [-0.2, -0.15) is 0 Å². The number of hydrogen-bond acceptors (Lipinski definition) is 3. The fourth-order valence-corrected chi connectivity index (χ4v) is 2.66. The number of carbonyl (C=O) groups is 2. The number of benzene rings is 2. The minimum atomic E-state index is -0.261. The first-order valence-electron chi connectivity index (χ1n) is 8.87. The molecule has 0 aliphatic rings. The SMILES string of the molecule is O=C(NCCCc1ccccc1)c1ccnc(NC(=O)c2ccccc2)c1. The van der Waals surface area contributed by atoms with Crippen LogP contribution in [0.25, 0.3) is 0 Å². The van der Waals surface area contributed by atoms with Crippen LogP contribution in [0.2, 0.25) is 0 Å². The number of rotatable bonds is 7. The lowest BCUT2D eigenvalue weighted by Crippen LogP contribution is -2.25. The Balaban J connectivity index is 1.52. The maximum atomic E-state index is 12.3. The van der Waals surface area contributed by atoms with E-state index in [4.69, 9.17) is 0 Å². The van der Waals surface area contributed by atoms with Gasteiger partial charge in [-0.25, -0.2) is 4.98 Å². The molecule has 27 heavy (non-hydrogen) atoms. The van der Waals surface area contributed by atoms with Gasteiger partial charge in [0.05, 0.1) is 0 Å². The summed E-state index contributed by atoms with van der Waals surface area (Å²) in [5.74, 6) is -0.0926. The van der Waals surface area contributed by atoms with E-state index in [1.165, 1.54) is 11.8 Å². The summed E-state index contributed by atoms with van der Waals surface area (Å²) in [6, 6.07) is 22.2. The van der Waals surface area contributed by atoms with Crippen LogP contribution < -0.4 is 10.6 Å². The van der Waals surface area contributed by atoms with Crippen LogP contribution in [0.15, 0.2) is 79.0 Å². The van der Waals surface area contributed by atoms with Crippen molar-refractivity contribution in [1.82, 2.24) is 10.3 Å². The number of aromatic nitrogens is 1. The number of amides is 2. The van der Waals surface area contributed by atoms with Crippen LogP contribution in [0, 0.1) is 0 Å². The molecule has 0 bridgehead atoms. The summed E-state index contributed by atoms with van der Waals surface area (Å²) in [6.07, 6.45) is 3.29. The van der Waals surface area contributed by atoms with Crippen molar-refractivity contribution in [2.45, 2.75) is 12.8 Å². The van der Waals surface area contributed by atoms with E-state index in [0.29, 0.717) is 23.5 Å². The second kappa shape index (κ2) is 9.29. The average Bonchev–Trinajstić information content (AvgIpc) is 2.72. The molecule has 0 atom stereocenters. The van der Waals surface area contributed by atoms with Crippen molar-refractivity contribution in [3.63, 3.8) is 0 Å². The first-order valence-corrected chi connectivity index (χ1v) is 8.87. The van der Waals surface area contributed by atoms with Crippen LogP contribution in [0.1, 0.15) is 32.7 Å². The lowest BCUT2D eigenvalue weighted by molar-refractivity contribution is 0.0951. The lowest BCUT2D eigenvalue weighted by atomic mass is 10.1. The second-order valence-electron chi connectivity index (χ2n) is 6.09. The molecule has 5 heteroatoms. The smallest absolute Gasteiger partial charge is 0.256 e. The Labute approximate surface area is 158 Å². The maximum absolute atomic E-state index is 12.3. The van der Waals surface area contributed by atoms with Gasteiger partial charge in [-0.3, -0.25) is 9.59 Å². The van der Waals surface area contributed by atoms with E-state index in [2.05, 4.69) is 27.8 Å². The molecule has 0 aliphatic carbocycles. The van der Waals surface area contributed by atoms with Gasteiger partial charge in [-0.05, 0) is 42.7 Å². The molecule has 3 aromatic rings. The number of nitrogens with zero attached hydrogens (tertiary/aromatic N) is 1. The number of anilines is 1. The third kappa shape index (κ3) is 5.51. The molecule has 0 saturated carbocycles. The summed E-state index contributed by atoms with van der Waals surface area (Å²) in [4.78, 5) is 28.6. The quantitative estimate of drug-likeness (QED) is 0.632. The summed E-state index contributed by atoms with van der Waals surface area (Å²) < 4.78 is 0. The number of carbonyl (C=O) groups excluding carboxylic acids is 2. The Bertz CT molecular complexity index is 896. The molecule has 0 fully saturated rings. The normalized spacial score (nSPS) is 10.2. The summed E-state index contributed by atoms with van der Waals surface area (Å²) >= 11 is 0. The predicted molar refractivity (Wildman–Crippen MR) is 106 cm³/mol. The van der Waals surface area contributed by atoms with Gasteiger partial charge in [0, 0.05) is 23.9 Å². The third-order valence-electron chi connectivity index (χ3n) is 4.07. The lowest BCUT2D eigenvalue weighted by Gasteiger charge is -2.08. The average molecular weight is 359 g/mol. The molecule has 0 spiro atoms. The molecule has 136 valence electrons. The zero-order valence-electron chi connectivity index (χ0n) is 14.9. The minimum Gasteiger partial charge on any atom is -0.352 e. The molecule has 2 aromatic carbocycles. The van der Waals surface area contributed by atoms with Gasteiger partial charge < -0.3 is 10.6 Å². The molecule has 1 heterocycles. The molecule has 2 amide bonds. The largest absolute Gasteiger partial charge is 0.352 e. The fourth-order valence-electron chi connectivity index (χ4n) is 2.66. The highest BCUT2D eigenvalue weighted by Gasteiger charge is 2.09. The van der Waals surface area contributed by atoms with Gasteiger partial charge >= 0.3 is 0 Å². The van der Waals surface area contributed by atoms with Crippen molar-refractivity contribution < 1.29 is 9.59 Å². The molecule has 1 aromatic heterocycles. The van der Waals surface area contributed by atoms with Gasteiger partial charge in [0.15, 0.2) is 0 Å². The van der Waals surface area contributed by atoms with Gasteiger partial charge in [0.2, 0.25) is 0 Å². The minimum absolute atomic E-state index is 0.180. The maximum Gasteiger partial charge on any atom is 0.256 e. The molecule has 0 aliphatic heterocycles. The Morgan fingerprint density at radius 1 is 0.815 bits per heavy atom. The standard InChI is InChI=1S/C22H21N3O2/c26-21(24-14-7-10-17-8-3-1-4-9-17)19-13-15-23-20(16-19)25-22(27)18-11-5-2-6-12-18/h1-6,8-9,11-13,15-16H,7,10,14H2,(H,24,26)(H,23,25,27). The van der Waals surface area contributed by atoms with E-state index in [1.54, 1.807) is 36.4 Å². The van der Waals surface area contributed by atoms with Crippen LogP contribution in [-0.2, 0) is 6.42 Å². The molecule has 5 nitrogen and oxygen atoms in total. The van der Waals surface area contributed by atoms with E-state index in [0.717, 1.165) is 12.8 Å². The first-order chi connectivity index (χ1) is 13.2. The third-order valence-corrected chi connectivity index (χ3v) is 4.07. The zero-order valence-corrected chi connectivity index (χ0v) is 14.9. The molecular formula is C22H21N3O2. The van der Waals surface area contributed by atoms with Crippen LogP contribution in [0.4, 0.5) is 5.82 Å². The molecule has 3 rings (SSSR count). The van der Waals surface area contributed by atoms with E-state index in [-0.39, 0.29) is 11.8 Å². The summed E-state index contributed by atoms with van der Waals surface area (Å²) in [5, 5.41) is 5.61. The molecule has 2 N–H and O–H groups in total. The monoisotopic (exact) mass is 359 g/mol. The molecule has 0 unspecified atom stereocenters. The zero-order chi connectivity index (χ0) is 18.9. The number of pyridine rings is 1. The van der Waals surface area contributed by atoms with Crippen molar-refractivity contribution in [2.75, 3.05) is 11.9 Å². The van der Waals surface area contributed by atoms with Gasteiger partial charge in [0.1, 0.15) is 5.82 Å².